The van der Waals surface area contributed by atoms with Crippen molar-refractivity contribution in [1.82, 2.24) is 5.32 Å². The zero-order valence-electron chi connectivity index (χ0n) is 13.6. The number of amides is 2. The molecule has 1 rings (SSSR count). The van der Waals surface area contributed by atoms with Gasteiger partial charge in [0, 0.05) is 30.3 Å². The van der Waals surface area contributed by atoms with Gasteiger partial charge in [0.05, 0.1) is 0 Å². The van der Waals surface area contributed by atoms with Gasteiger partial charge in [0.1, 0.15) is 0 Å². The van der Waals surface area contributed by atoms with E-state index in [2.05, 4.69) is 10.6 Å². The van der Waals surface area contributed by atoms with Crippen LogP contribution < -0.4 is 16.4 Å². The van der Waals surface area contributed by atoms with Crippen LogP contribution in [0.15, 0.2) is 18.2 Å². The first-order valence-corrected chi connectivity index (χ1v) is 7.25. The standard InChI is InChI=1S/C16H25N3O2.ClH/c1-10(2)7-15(20)19-14-6-5-13(8-11(14)3)16(21)18-12(4)9-17;/h5-6,8,10,12H,7,9,17H2,1-4H3,(H,18,21)(H,19,20);1H/t12-;/m0./s1. The summed E-state index contributed by atoms with van der Waals surface area (Å²) in [5.41, 5.74) is 7.65. The fraction of sp³-hybridized carbons (Fsp3) is 0.500. The summed E-state index contributed by atoms with van der Waals surface area (Å²) in [5.74, 6) is 0.145. The van der Waals surface area contributed by atoms with Crippen LogP contribution in [-0.4, -0.2) is 24.4 Å². The van der Waals surface area contributed by atoms with Gasteiger partial charge in [-0.3, -0.25) is 9.59 Å². The zero-order chi connectivity index (χ0) is 16.0. The monoisotopic (exact) mass is 327 g/mol. The van der Waals surface area contributed by atoms with Crippen molar-refractivity contribution < 1.29 is 9.59 Å². The lowest BCUT2D eigenvalue weighted by molar-refractivity contribution is -0.116. The Morgan fingerprint density at radius 3 is 2.36 bits per heavy atom. The summed E-state index contributed by atoms with van der Waals surface area (Å²) in [6.07, 6.45) is 0.482. The second-order valence-electron chi connectivity index (χ2n) is 5.79. The Morgan fingerprint density at radius 1 is 1.23 bits per heavy atom. The molecule has 6 heteroatoms. The molecule has 0 aliphatic carbocycles. The first-order valence-electron chi connectivity index (χ1n) is 7.25. The van der Waals surface area contributed by atoms with E-state index in [4.69, 9.17) is 5.73 Å². The first kappa shape index (κ1) is 20.4. The second kappa shape index (κ2) is 9.43. The van der Waals surface area contributed by atoms with Gasteiger partial charge < -0.3 is 16.4 Å². The van der Waals surface area contributed by atoms with E-state index in [0.29, 0.717) is 24.4 Å². The molecule has 1 atom stereocenters. The van der Waals surface area contributed by atoms with E-state index in [-0.39, 0.29) is 30.3 Å². The lowest BCUT2D eigenvalue weighted by Gasteiger charge is -2.13. The van der Waals surface area contributed by atoms with Crippen LogP contribution in [0.2, 0.25) is 0 Å². The van der Waals surface area contributed by atoms with E-state index in [1.807, 2.05) is 27.7 Å². The summed E-state index contributed by atoms with van der Waals surface area (Å²) in [6, 6.07) is 5.17. The number of nitrogens with two attached hydrogens (primary N) is 1. The number of carbonyl (C=O) groups excluding carboxylic acids is 2. The third kappa shape index (κ3) is 6.45. The van der Waals surface area contributed by atoms with Gasteiger partial charge in [-0.15, -0.1) is 12.4 Å². The van der Waals surface area contributed by atoms with E-state index < -0.39 is 0 Å². The van der Waals surface area contributed by atoms with Gasteiger partial charge in [0.2, 0.25) is 5.91 Å². The van der Waals surface area contributed by atoms with Crippen molar-refractivity contribution in [1.29, 1.82) is 0 Å². The van der Waals surface area contributed by atoms with Crippen LogP contribution in [0.4, 0.5) is 5.69 Å². The van der Waals surface area contributed by atoms with Crippen LogP contribution >= 0.6 is 12.4 Å². The number of aryl methyl sites for hydroxylation is 1. The van der Waals surface area contributed by atoms with Gasteiger partial charge in [-0.05, 0) is 43.5 Å². The smallest absolute Gasteiger partial charge is 0.251 e. The highest BCUT2D eigenvalue weighted by atomic mass is 35.5. The molecule has 0 radical (unpaired) electrons. The molecule has 0 saturated carbocycles. The summed E-state index contributed by atoms with van der Waals surface area (Å²) in [4.78, 5) is 23.8. The third-order valence-electron chi connectivity index (χ3n) is 3.09. The fourth-order valence-corrected chi connectivity index (χ4v) is 1.88. The van der Waals surface area contributed by atoms with Gasteiger partial charge >= 0.3 is 0 Å². The minimum Gasteiger partial charge on any atom is -0.348 e. The van der Waals surface area contributed by atoms with E-state index in [9.17, 15) is 9.59 Å². The second-order valence-corrected chi connectivity index (χ2v) is 5.79. The minimum atomic E-state index is -0.156. The van der Waals surface area contributed by atoms with Crippen molar-refractivity contribution in [2.24, 2.45) is 11.7 Å². The van der Waals surface area contributed by atoms with Crippen molar-refractivity contribution in [3.63, 3.8) is 0 Å². The van der Waals surface area contributed by atoms with E-state index in [0.717, 1.165) is 11.3 Å². The minimum absolute atomic E-state index is 0. The molecule has 0 spiro atoms. The summed E-state index contributed by atoms with van der Waals surface area (Å²) in [6.45, 7) is 8.12. The molecule has 0 aromatic heterocycles. The van der Waals surface area contributed by atoms with Crippen LogP contribution in [0.25, 0.3) is 0 Å². The van der Waals surface area contributed by atoms with E-state index in [1.165, 1.54) is 0 Å². The largest absolute Gasteiger partial charge is 0.348 e. The average Bonchev–Trinajstić information content (AvgIpc) is 2.39. The van der Waals surface area contributed by atoms with Crippen LogP contribution in [0, 0.1) is 12.8 Å². The maximum atomic E-state index is 12.0. The van der Waals surface area contributed by atoms with Gasteiger partial charge in [0.15, 0.2) is 0 Å². The number of carbonyl (C=O) groups is 2. The van der Waals surface area contributed by atoms with Gasteiger partial charge in [-0.1, -0.05) is 13.8 Å². The normalized spacial score (nSPS) is 11.5. The Kier molecular flexibility index (Phi) is 8.75. The predicted octanol–water partition coefficient (Wildman–Crippen LogP) is 2.48. The number of rotatable bonds is 6. The summed E-state index contributed by atoms with van der Waals surface area (Å²) in [5, 5.41) is 5.68. The molecule has 0 heterocycles. The molecule has 0 bridgehead atoms. The van der Waals surface area contributed by atoms with Crippen LogP contribution in [-0.2, 0) is 4.79 Å². The number of nitrogens with one attached hydrogen (secondary N) is 2. The quantitative estimate of drug-likeness (QED) is 0.750. The van der Waals surface area contributed by atoms with Gasteiger partial charge in [-0.2, -0.15) is 0 Å². The van der Waals surface area contributed by atoms with Crippen LogP contribution in [0.1, 0.15) is 43.1 Å². The Bertz CT molecular complexity index is 518. The molecule has 2 amide bonds. The Morgan fingerprint density at radius 2 is 1.86 bits per heavy atom. The molecule has 0 saturated heterocycles. The maximum absolute atomic E-state index is 12.0. The zero-order valence-corrected chi connectivity index (χ0v) is 14.4. The highest BCUT2D eigenvalue weighted by Crippen LogP contribution is 2.17. The topological polar surface area (TPSA) is 84.2 Å². The lowest BCUT2D eigenvalue weighted by Crippen LogP contribution is -2.37. The van der Waals surface area contributed by atoms with Crippen molar-refractivity contribution in [3.05, 3.63) is 29.3 Å². The van der Waals surface area contributed by atoms with Crippen LogP contribution in [0.3, 0.4) is 0 Å². The molecule has 0 unspecified atom stereocenters. The molecule has 124 valence electrons. The number of benzene rings is 1. The third-order valence-corrected chi connectivity index (χ3v) is 3.09. The lowest BCUT2D eigenvalue weighted by atomic mass is 10.1. The average molecular weight is 328 g/mol. The molecule has 1 aromatic rings. The van der Waals surface area contributed by atoms with E-state index >= 15 is 0 Å². The molecule has 5 nitrogen and oxygen atoms in total. The number of hydrogen-bond acceptors (Lipinski definition) is 3. The molecule has 4 N–H and O–H groups in total. The molecular weight excluding hydrogens is 302 g/mol. The highest BCUT2D eigenvalue weighted by molar-refractivity contribution is 5.96. The number of halogens is 1. The van der Waals surface area contributed by atoms with E-state index in [1.54, 1.807) is 18.2 Å². The van der Waals surface area contributed by atoms with Crippen LogP contribution in [0.5, 0.6) is 0 Å². The molecule has 0 fully saturated rings. The van der Waals surface area contributed by atoms with Crippen molar-refractivity contribution in [2.75, 3.05) is 11.9 Å². The van der Waals surface area contributed by atoms with Crippen molar-refractivity contribution in [3.8, 4) is 0 Å². The Balaban J connectivity index is 0.00000441. The summed E-state index contributed by atoms with van der Waals surface area (Å²) in [7, 11) is 0. The predicted molar refractivity (Wildman–Crippen MR) is 92.5 cm³/mol. The molecule has 22 heavy (non-hydrogen) atoms. The highest BCUT2D eigenvalue weighted by Gasteiger charge is 2.11. The first-order chi connectivity index (χ1) is 9.83. The van der Waals surface area contributed by atoms with Crippen molar-refractivity contribution >= 4 is 29.9 Å². The molecule has 0 aliphatic rings. The fourth-order valence-electron chi connectivity index (χ4n) is 1.88. The summed E-state index contributed by atoms with van der Waals surface area (Å²) < 4.78 is 0. The SMILES string of the molecule is Cc1cc(C(=O)N[C@@H](C)CN)ccc1NC(=O)CC(C)C.Cl. The summed E-state index contributed by atoms with van der Waals surface area (Å²) >= 11 is 0. The Labute approximate surface area is 138 Å². The number of hydrogen-bond donors (Lipinski definition) is 3. The molecule has 0 aliphatic heterocycles. The van der Waals surface area contributed by atoms with Gasteiger partial charge in [0.25, 0.3) is 5.91 Å². The maximum Gasteiger partial charge on any atom is 0.251 e. The Hall–Kier alpha value is -1.59. The number of anilines is 1. The van der Waals surface area contributed by atoms with Crippen molar-refractivity contribution in [2.45, 2.75) is 40.2 Å². The van der Waals surface area contributed by atoms with Gasteiger partial charge in [-0.25, -0.2) is 0 Å². The molecular formula is C16H26ClN3O2. The molecule has 1 aromatic carbocycles.